The lowest BCUT2D eigenvalue weighted by molar-refractivity contribution is -0.0000320. The van der Waals surface area contributed by atoms with Crippen molar-refractivity contribution in [2.75, 3.05) is 45.6 Å². The minimum absolute atomic E-state index is 0.294. The van der Waals surface area contributed by atoms with Gasteiger partial charge in [0.1, 0.15) is 0 Å². The van der Waals surface area contributed by atoms with E-state index in [-0.39, 0.29) is 0 Å². The quantitative estimate of drug-likeness (QED) is 0.722. The summed E-state index contributed by atoms with van der Waals surface area (Å²) in [4.78, 5) is 9.23. The van der Waals surface area contributed by atoms with Crippen molar-refractivity contribution >= 4 is 11.8 Å². The molecule has 2 aliphatic rings. The first kappa shape index (κ1) is 21.1. The van der Waals surface area contributed by atoms with Crippen molar-refractivity contribution in [2.24, 2.45) is 0 Å². The second-order valence-corrected chi connectivity index (χ2v) is 9.23. The first-order chi connectivity index (χ1) is 13.1. The Bertz CT molecular complexity index is 557. The zero-order valence-corrected chi connectivity index (χ0v) is 18.1. The van der Waals surface area contributed by atoms with Crippen molar-refractivity contribution in [1.29, 1.82) is 0 Å². The molecule has 3 rings (SSSR count). The Labute approximate surface area is 169 Å². The maximum absolute atomic E-state index is 9.63. The van der Waals surface area contributed by atoms with Gasteiger partial charge in [0.15, 0.2) is 0 Å². The summed E-state index contributed by atoms with van der Waals surface area (Å²) in [6, 6.07) is 10.8. The van der Waals surface area contributed by atoms with E-state index in [4.69, 9.17) is 0 Å². The van der Waals surface area contributed by atoms with Crippen LogP contribution in [0, 0.1) is 0 Å². The molecule has 0 bridgehead atoms. The van der Waals surface area contributed by atoms with Crippen LogP contribution in [0.5, 0.6) is 0 Å². The number of piperazine rings is 1. The summed E-state index contributed by atoms with van der Waals surface area (Å²) in [6.07, 6.45) is 5.57. The maximum Gasteiger partial charge on any atom is 0.0446 e. The second-order valence-electron chi connectivity index (χ2n) is 8.35. The number of nitrogens with zero attached hydrogens (tertiary/aromatic N) is 3. The summed E-state index contributed by atoms with van der Waals surface area (Å²) < 4.78 is 0. The molecule has 27 heavy (non-hydrogen) atoms. The maximum atomic E-state index is 9.63. The van der Waals surface area contributed by atoms with E-state index in [1.54, 1.807) is 11.8 Å². The molecule has 1 atom stereocenters. The molecule has 4 nitrogen and oxygen atoms in total. The highest BCUT2D eigenvalue weighted by Crippen LogP contribution is 2.25. The molecule has 0 amide bonds. The third kappa shape index (κ3) is 5.70. The molecule has 2 fully saturated rings. The molecule has 2 aliphatic heterocycles. The Balaban J connectivity index is 1.56. The zero-order chi connectivity index (χ0) is 19.2. The van der Waals surface area contributed by atoms with Gasteiger partial charge in [0.2, 0.25) is 0 Å². The van der Waals surface area contributed by atoms with Gasteiger partial charge in [-0.25, -0.2) is 0 Å². The summed E-state index contributed by atoms with van der Waals surface area (Å²) in [5.41, 5.74) is 1.40. The highest BCUT2D eigenvalue weighted by molar-refractivity contribution is 7.98. The van der Waals surface area contributed by atoms with E-state index in [0.29, 0.717) is 24.7 Å². The first-order valence-corrected chi connectivity index (χ1v) is 11.8. The predicted molar refractivity (Wildman–Crippen MR) is 115 cm³/mol. The summed E-state index contributed by atoms with van der Waals surface area (Å²) in [5.74, 6) is 0. The molecular formula is C22H37N3OS. The third-order valence-corrected chi connectivity index (χ3v) is 7.08. The van der Waals surface area contributed by atoms with E-state index in [0.717, 1.165) is 32.6 Å². The predicted octanol–water partition coefficient (Wildman–Crippen LogP) is 3.15. The van der Waals surface area contributed by atoms with Crippen molar-refractivity contribution < 1.29 is 5.11 Å². The van der Waals surface area contributed by atoms with Crippen molar-refractivity contribution in [3.05, 3.63) is 29.8 Å². The SMILES string of the molecule is CSc1ccc(CN2CCN(C3CCN(C(C)C)CC3)[C@H](CCO)C2)cc1. The van der Waals surface area contributed by atoms with Crippen LogP contribution < -0.4 is 0 Å². The number of aliphatic hydroxyl groups is 1. The molecule has 0 unspecified atom stereocenters. The van der Waals surface area contributed by atoms with Gasteiger partial charge >= 0.3 is 0 Å². The first-order valence-electron chi connectivity index (χ1n) is 10.6. The van der Waals surface area contributed by atoms with Gasteiger partial charge < -0.3 is 10.0 Å². The van der Waals surface area contributed by atoms with E-state index in [9.17, 15) is 5.11 Å². The molecule has 2 heterocycles. The molecule has 1 aromatic rings. The fraction of sp³-hybridized carbons (Fsp3) is 0.727. The van der Waals surface area contributed by atoms with Crippen LogP contribution in [0.25, 0.3) is 0 Å². The molecule has 0 aliphatic carbocycles. The van der Waals surface area contributed by atoms with E-state index in [1.165, 1.54) is 36.4 Å². The van der Waals surface area contributed by atoms with Gasteiger partial charge in [0, 0.05) is 55.8 Å². The van der Waals surface area contributed by atoms with Crippen LogP contribution in [0.2, 0.25) is 0 Å². The van der Waals surface area contributed by atoms with Crippen LogP contribution in [-0.2, 0) is 6.54 Å². The van der Waals surface area contributed by atoms with Gasteiger partial charge in [0.05, 0.1) is 0 Å². The molecule has 0 spiro atoms. The molecule has 5 heteroatoms. The summed E-state index contributed by atoms with van der Waals surface area (Å²) in [5, 5.41) is 9.63. The fourth-order valence-electron chi connectivity index (χ4n) is 4.69. The Morgan fingerprint density at radius 3 is 2.37 bits per heavy atom. The normalized spacial score (nSPS) is 24.0. The Morgan fingerprint density at radius 2 is 1.78 bits per heavy atom. The van der Waals surface area contributed by atoms with Crippen molar-refractivity contribution in [3.63, 3.8) is 0 Å². The molecule has 0 aromatic heterocycles. The standard InChI is InChI=1S/C22H37N3OS/c1-18(2)24-11-8-20(9-12-24)25-14-13-23(17-21(25)10-15-26)16-19-4-6-22(27-3)7-5-19/h4-7,18,20-21,26H,8-17H2,1-3H3/t21-/m1/s1. The van der Waals surface area contributed by atoms with Gasteiger partial charge in [-0.05, 0) is 70.2 Å². The molecule has 0 radical (unpaired) electrons. The number of benzene rings is 1. The topological polar surface area (TPSA) is 30.0 Å². The minimum atomic E-state index is 0.294. The summed E-state index contributed by atoms with van der Waals surface area (Å²) >= 11 is 1.80. The summed E-state index contributed by atoms with van der Waals surface area (Å²) in [6.45, 7) is 11.7. The van der Waals surface area contributed by atoms with Gasteiger partial charge in [-0.3, -0.25) is 9.80 Å². The number of thioether (sulfide) groups is 1. The number of likely N-dealkylation sites (tertiary alicyclic amines) is 1. The van der Waals surface area contributed by atoms with Gasteiger partial charge in [-0.2, -0.15) is 0 Å². The third-order valence-electron chi connectivity index (χ3n) is 6.34. The fourth-order valence-corrected chi connectivity index (χ4v) is 5.10. The number of hydrogen-bond donors (Lipinski definition) is 1. The van der Waals surface area contributed by atoms with Gasteiger partial charge in [0.25, 0.3) is 0 Å². The molecule has 1 N–H and O–H groups in total. The summed E-state index contributed by atoms with van der Waals surface area (Å²) in [7, 11) is 0. The Hall–Kier alpha value is -0.590. The number of rotatable bonds is 7. The van der Waals surface area contributed by atoms with Crippen LogP contribution >= 0.6 is 11.8 Å². The number of piperidine rings is 1. The van der Waals surface area contributed by atoms with Crippen LogP contribution in [0.4, 0.5) is 0 Å². The van der Waals surface area contributed by atoms with E-state index < -0.39 is 0 Å². The van der Waals surface area contributed by atoms with Crippen LogP contribution in [-0.4, -0.2) is 83.5 Å². The molecule has 152 valence electrons. The zero-order valence-electron chi connectivity index (χ0n) is 17.3. The largest absolute Gasteiger partial charge is 0.396 e. The Kier molecular flexibility index (Phi) is 8.03. The van der Waals surface area contributed by atoms with Crippen molar-refractivity contribution in [3.8, 4) is 0 Å². The highest BCUT2D eigenvalue weighted by atomic mass is 32.2. The highest BCUT2D eigenvalue weighted by Gasteiger charge is 2.33. The number of hydrogen-bond acceptors (Lipinski definition) is 5. The van der Waals surface area contributed by atoms with E-state index >= 15 is 0 Å². The van der Waals surface area contributed by atoms with Crippen molar-refractivity contribution in [1.82, 2.24) is 14.7 Å². The molecule has 1 aromatic carbocycles. The average molecular weight is 392 g/mol. The smallest absolute Gasteiger partial charge is 0.0446 e. The second kappa shape index (κ2) is 10.3. The Morgan fingerprint density at radius 1 is 1.07 bits per heavy atom. The molecular weight excluding hydrogens is 354 g/mol. The average Bonchev–Trinajstić information content (AvgIpc) is 2.69. The molecule has 0 saturated carbocycles. The van der Waals surface area contributed by atoms with Gasteiger partial charge in [-0.1, -0.05) is 12.1 Å². The molecule has 2 saturated heterocycles. The lowest BCUT2D eigenvalue weighted by atomic mass is 9.97. The number of aliphatic hydroxyl groups excluding tert-OH is 1. The van der Waals surface area contributed by atoms with Crippen LogP contribution in [0.15, 0.2) is 29.2 Å². The monoisotopic (exact) mass is 391 g/mol. The minimum Gasteiger partial charge on any atom is -0.396 e. The van der Waals surface area contributed by atoms with Crippen LogP contribution in [0.3, 0.4) is 0 Å². The van der Waals surface area contributed by atoms with Gasteiger partial charge in [-0.15, -0.1) is 11.8 Å². The lowest BCUT2D eigenvalue weighted by Crippen LogP contribution is -2.58. The van der Waals surface area contributed by atoms with E-state index in [1.807, 2.05) is 0 Å². The van der Waals surface area contributed by atoms with E-state index in [2.05, 4.69) is 59.1 Å². The van der Waals surface area contributed by atoms with Crippen LogP contribution in [0.1, 0.15) is 38.7 Å². The lowest BCUT2D eigenvalue weighted by Gasteiger charge is -2.48. The van der Waals surface area contributed by atoms with Crippen molar-refractivity contribution in [2.45, 2.75) is 62.7 Å².